The average Bonchev–Trinajstić information content (AvgIpc) is 2.13. The van der Waals surface area contributed by atoms with Gasteiger partial charge >= 0.3 is 0 Å². The van der Waals surface area contributed by atoms with Gasteiger partial charge in [0.25, 0.3) is 0 Å². The lowest BCUT2D eigenvalue weighted by atomic mass is 10.3. The van der Waals surface area contributed by atoms with Crippen LogP contribution in [-0.2, 0) is 18.4 Å². The molecular formula is C7H12N2O. The van der Waals surface area contributed by atoms with E-state index in [-0.39, 0.29) is 0 Å². The second kappa shape index (κ2) is 2.84. The highest BCUT2D eigenvalue weighted by atomic mass is 16.5. The van der Waals surface area contributed by atoms with Gasteiger partial charge in [-0.3, -0.25) is 4.68 Å². The second-order valence-electron chi connectivity index (χ2n) is 2.35. The molecule has 0 aromatic carbocycles. The summed E-state index contributed by atoms with van der Waals surface area (Å²) >= 11 is 0. The number of ether oxygens (including phenoxy) is 1. The minimum Gasteiger partial charge on any atom is -0.380 e. The number of aromatic nitrogens is 2. The molecule has 0 amide bonds. The molecule has 0 bridgehead atoms. The van der Waals surface area contributed by atoms with Gasteiger partial charge in [0.15, 0.2) is 0 Å². The normalized spacial score (nSPS) is 10.3. The zero-order chi connectivity index (χ0) is 7.56. The Labute approximate surface area is 60.6 Å². The fourth-order valence-corrected chi connectivity index (χ4v) is 0.946. The second-order valence-corrected chi connectivity index (χ2v) is 2.35. The molecule has 0 spiro atoms. The highest BCUT2D eigenvalue weighted by Crippen LogP contribution is 2.04. The fraction of sp³-hybridized carbons (Fsp3) is 0.571. The minimum absolute atomic E-state index is 0.652. The first kappa shape index (κ1) is 7.28. The SMILES string of the molecule is COCc1cn(C)nc1C. The highest BCUT2D eigenvalue weighted by Gasteiger charge is 2.00. The molecule has 0 aliphatic carbocycles. The third kappa shape index (κ3) is 1.36. The fourth-order valence-electron chi connectivity index (χ4n) is 0.946. The van der Waals surface area contributed by atoms with Gasteiger partial charge in [-0.05, 0) is 6.92 Å². The predicted octanol–water partition coefficient (Wildman–Crippen LogP) is 0.875. The van der Waals surface area contributed by atoms with Gasteiger partial charge in [0.2, 0.25) is 0 Å². The van der Waals surface area contributed by atoms with Crippen molar-refractivity contribution in [3.63, 3.8) is 0 Å². The molecule has 0 aliphatic heterocycles. The van der Waals surface area contributed by atoms with E-state index < -0.39 is 0 Å². The first-order valence-corrected chi connectivity index (χ1v) is 3.22. The van der Waals surface area contributed by atoms with Gasteiger partial charge in [-0.2, -0.15) is 5.10 Å². The van der Waals surface area contributed by atoms with E-state index in [2.05, 4.69) is 5.10 Å². The molecule has 0 N–H and O–H groups in total. The number of nitrogens with zero attached hydrogens (tertiary/aromatic N) is 2. The summed E-state index contributed by atoms with van der Waals surface area (Å²) in [5, 5.41) is 4.17. The van der Waals surface area contributed by atoms with Crippen molar-refractivity contribution in [2.45, 2.75) is 13.5 Å². The molecule has 0 unspecified atom stereocenters. The molecule has 0 aliphatic rings. The molecule has 1 heterocycles. The minimum atomic E-state index is 0.652. The van der Waals surface area contributed by atoms with Crippen LogP contribution in [0.2, 0.25) is 0 Å². The van der Waals surface area contributed by atoms with Gasteiger partial charge in [-0.15, -0.1) is 0 Å². The molecule has 3 nitrogen and oxygen atoms in total. The summed E-state index contributed by atoms with van der Waals surface area (Å²) in [6, 6.07) is 0. The van der Waals surface area contributed by atoms with Crippen LogP contribution >= 0.6 is 0 Å². The van der Waals surface area contributed by atoms with Crippen molar-refractivity contribution in [1.29, 1.82) is 0 Å². The predicted molar refractivity (Wildman–Crippen MR) is 38.7 cm³/mol. The quantitative estimate of drug-likeness (QED) is 0.609. The molecule has 1 aromatic rings. The van der Waals surface area contributed by atoms with Gasteiger partial charge in [-0.1, -0.05) is 0 Å². The third-order valence-corrected chi connectivity index (χ3v) is 1.41. The Bertz CT molecular complexity index is 217. The Hall–Kier alpha value is -0.830. The van der Waals surface area contributed by atoms with Crippen LogP contribution in [0.4, 0.5) is 0 Å². The van der Waals surface area contributed by atoms with Crippen LogP contribution in [0.5, 0.6) is 0 Å². The molecule has 10 heavy (non-hydrogen) atoms. The van der Waals surface area contributed by atoms with Gasteiger partial charge in [0.05, 0.1) is 12.3 Å². The average molecular weight is 140 g/mol. The lowest BCUT2D eigenvalue weighted by Gasteiger charge is -1.92. The standard InChI is InChI=1S/C7H12N2O/c1-6-7(5-10-3)4-9(2)8-6/h4H,5H2,1-3H3. The first-order chi connectivity index (χ1) is 4.74. The third-order valence-electron chi connectivity index (χ3n) is 1.41. The number of methoxy groups -OCH3 is 1. The Morgan fingerprint density at radius 2 is 2.40 bits per heavy atom. The van der Waals surface area contributed by atoms with Gasteiger partial charge < -0.3 is 4.74 Å². The largest absolute Gasteiger partial charge is 0.380 e. The van der Waals surface area contributed by atoms with Crippen molar-refractivity contribution in [2.75, 3.05) is 7.11 Å². The molecule has 0 atom stereocenters. The molecule has 1 aromatic heterocycles. The van der Waals surface area contributed by atoms with E-state index in [0.717, 1.165) is 11.3 Å². The Balaban J connectivity index is 2.81. The Morgan fingerprint density at radius 1 is 1.70 bits per heavy atom. The van der Waals surface area contributed by atoms with Crippen molar-refractivity contribution in [2.24, 2.45) is 7.05 Å². The molecule has 0 radical (unpaired) electrons. The van der Waals surface area contributed by atoms with Crippen molar-refractivity contribution >= 4 is 0 Å². The van der Waals surface area contributed by atoms with Crippen LogP contribution in [0.25, 0.3) is 0 Å². The van der Waals surface area contributed by atoms with Gasteiger partial charge in [0, 0.05) is 25.9 Å². The molecule has 0 saturated heterocycles. The van der Waals surface area contributed by atoms with Crippen molar-refractivity contribution in [1.82, 2.24) is 9.78 Å². The van der Waals surface area contributed by atoms with Crippen molar-refractivity contribution in [3.05, 3.63) is 17.5 Å². The van der Waals surface area contributed by atoms with Crippen LogP contribution in [-0.4, -0.2) is 16.9 Å². The summed E-state index contributed by atoms with van der Waals surface area (Å²) in [5.74, 6) is 0. The summed E-state index contributed by atoms with van der Waals surface area (Å²) in [4.78, 5) is 0. The maximum atomic E-state index is 4.97. The van der Waals surface area contributed by atoms with Gasteiger partial charge in [-0.25, -0.2) is 0 Å². The van der Waals surface area contributed by atoms with Gasteiger partial charge in [0.1, 0.15) is 0 Å². The Morgan fingerprint density at radius 3 is 2.80 bits per heavy atom. The summed E-state index contributed by atoms with van der Waals surface area (Å²) in [6.45, 7) is 2.63. The molecule has 56 valence electrons. The van der Waals surface area contributed by atoms with Crippen LogP contribution in [0.15, 0.2) is 6.20 Å². The van der Waals surface area contributed by atoms with E-state index >= 15 is 0 Å². The van der Waals surface area contributed by atoms with Crippen LogP contribution in [0, 0.1) is 6.92 Å². The van der Waals surface area contributed by atoms with Crippen LogP contribution < -0.4 is 0 Å². The van der Waals surface area contributed by atoms with Crippen molar-refractivity contribution in [3.8, 4) is 0 Å². The van der Waals surface area contributed by atoms with Crippen LogP contribution in [0.1, 0.15) is 11.3 Å². The zero-order valence-electron chi connectivity index (χ0n) is 6.59. The molecule has 1 rings (SSSR count). The van der Waals surface area contributed by atoms with Crippen LogP contribution in [0.3, 0.4) is 0 Å². The number of rotatable bonds is 2. The van der Waals surface area contributed by atoms with Crippen molar-refractivity contribution < 1.29 is 4.74 Å². The highest BCUT2D eigenvalue weighted by molar-refractivity contribution is 5.13. The lowest BCUT2D eigenvalue weighted by molar-refractivity contribution is 0.184. The monoisotopic (exact) mass is 140 g/mol. The first-order valence-electron chi connectivity index (χ1n) is 3.22. The number of aryl methyl sites for hydroxylation is 2. The van der Waals surface area contributed by atoms with E-state index in [4.69, 9.17) is 4.74 Å². The summed E-state index contributed by atoms with van der Waals surface area (Å²) < 4.78 is 6.76. The molecule has 0 saturated carbocycles. The van der Waals surface area contributed by atoms with E-state index in [0.29, 0.717) is 6.61 Å². The number of hydrogen-bond donors (Lipinski definition) is 0. The zero-order valence-corrected chi connectivity index (χ0v) is 6.59. The van der Waals surface area contributed by atoms with E-state index in [1.54, 1.807) is 11.8 Å². The lowest BCUT2D eigenvalue weighted by Crippen LogP contribution is -1.86. The van der Waals surface area contributed by atoms with E-state index in [1.165, 1.54) is 0 Å². The molecule has 3 heteroatoms. The van der Waals surface area contributed by atoms with E-state index in [9.17, 15) is 0 Å². The molecule has 0 fully saturated rings. The molecular weight excluding hydrogens is 128 g/mol. The smallest absolute Gasteiger partial charge is 0.0746 e. The van der Waals surface area contributed by atoms with E-state index in [1.807, 2.05) is 20.2 Å². The summed E-state index contributed by atoms with van der Waals surface area (Å²) in [7, 11) is 3.60. The topological polar surface area (TPSA) is 27.1 Å². The Kier molecular flexibility index (Phi) is 2.06. The maximum Gasteiger partial charge on any atom is 0.0746 e. The summed E-state index contributed by atoms with van der Waals surface area (Å²) in [6.07, 6.45) is 1.97. The maximum absolute atomic E-state index is 4.97. The number of hydrogen-bond acceptors (Lipinski definition) is 2. The summed E-state index contributed by atoms with van der Waals surface area (Å²) in [5.41, 5.74) is 2.20.